The molecule has 6 atom stereocenters. The summed E-state index contributed by atoms with van der Waals surface area (Å²) in [6.07, 6.45) is 16.3. The first-order valence-electron chi connectivity index (χ1n) is 32.1. The molecule has 0 saturated heterocycles. The number of unbranched alkanes of at least 4 members (excludes halogenated alkanes) is 12. The van der Waals surface area contributed by atoms with Gasteiger partial charge in [0, 0.05) is 51.7 Å². The van der Waals surface area contributed by atoms with Gasteiger partial charge >= 0.3 is 0 Å². The van der Waals surface area contributed by atoms with Crippen LogP contribution in [0.1, 0.15) is 154 Å². The van der Waals surface area contributed by atoms with E-state index in [1.54, 1.807) is 19.0 Å². The number of hydrogen-bond donors (Lipinski definition) is 14. The monoisotopic (exact) mass is 1330 g/mol. The predicted molar refractivity (Wildman–Crippen MR) is 334 cm³/mol. The summed E-state index contributed by atoms with van der Waals surface area (Å²) in [6, 6.07) is -9.48. The number of aromatic amines is 1. The van der Waals surface area contributed by atoms with E-state index in [-0.39, 0.29) is 83.7 Å². The van der Waals surface area contributed by atoms with Gasteiger partial charge in [-0.25, -0.2) is 0 Å². The van der Waals surface area contributed by atoms with E-state index in [2.05, 4.69) is 63.2 Å². The number of primary amides is 2. The number of aryl methyl sites for hydroxylation is 1. The van der Waals surface area contributed by atoms with E-state index in [9.17, 15) is 72.9 Å². The molecule has 0 saturated carbocycles. The third-order valence-electron chi connectivity index (χ3n) is 14.2. The van der Waals surface area contributed by atoms with Crippen molar-refractivity contribution in [2.45, 2.75) is 191 Å². The van der Waals surface area contributed by atoms with E-state index in [0.717, 1.165) is 37.9 Å². The van der Waals surface area contributed by atoms with Crippen LogP contribution in [0.4, 0.5) is 0 Å². The standard InChI is InChI=1S/C59H105N15O19/c1-4-48(79)45(36-75)68-55(85)42(22-24-49(60)80)65-57(87)44(26-28-74(2)3)67-59(89)47(38-77)69-56(86)43(23-25-50(61)81)66-58(88)46(37-76)64-52(82)35-63-54(84)40-93-34-32-91-30-27-62-53(83)39-92-33-31-90-29-18-20-41(78)19-16-14-12-10-8-6-5-7-9-11-13-15-17-21-51-70-72-73-71-51/h42-47,75-77H,4-40H2,1-3H3,(H2,60,80)(H2,61,81)(H,62,83)(H,63,84)(H,64,82)(H,65,87)(H,66,88)(H,67,89)(H,68,85)(H,69,86)(H,70,71,72,73)/t42-,43-,44-,45-,46+,47-/m0/s1. The van der Waals surface area contributed by atoms with Crippen molar-refractivity contribution in [2.24, 2.45) is 11.5 Å². The van der Waals surface area contributed by atoms with Crippen molar-refractivity contribution >= 4 is 70.6 Å². The molecule has 0 radical (unpaired) electrons. The molecule has 1 aromatic heterocycles. The molecule has 1 heterocycles. The van der Waals surface area contributed by atoms with Gasteiger partial charge < -0.3 is 93.2 Å². The van der Waals surface area contributed by atoms with Gasteiger partial charge in [-0.3, -0.25) is 57.5 Å². The molecule has 0 unspecified atom stereocenters. The number of nitrogens with two attached hydrogens (primary N) is 2. The molecular weight excluding hydrogens is 1220 g/mol. The summed E-state index contributed by atoms with van der Waals surface area (Å²) < 4.78 is 21.5. The van der Waals surface area contributed by atoms with Crippen LogP contribution in [-0.2, 0) is 82.9 Å². The molecule has 0 aliphatic carbocycles. The molecule has 0 fully saturated rings. The minimum atomic E-state index is -1.81. The average Bonchev–Trinajstić information content (AvgIpc) is 1.83. The molecule has 0 aliphatic rings. The lowest BCUT2D eigenvalue weighted by atomic mass is 10.0. The number of H-pyrrole nitrogens is 1. The average molecular weight is 1330 g/mol. The summed E-state index contributed by atoms with van der Waals surface area (Å²) in [4.78, 5) is 154. The van der Waals surface area contributed by atoms with Gasteiger partial charge in [0.15, 0.2) is 11.6 Å². The number of Topliss-reactive ketones (excluding diaryl/α,β-unsaturated/α-hetero) is 2. The number of ketones is 2. The van der Waals surface area contributed by atoms with E-state index < -0.39 is 147 Å². The van der Waals surface area contributed by atoms with Gasteiger partial charge in [0.25, 0.3) is 0 Å². The van der Waals surface area contributed by atoms with Crippen LogP contribution in [0.25, 0.3) is 0 Å². The van der Waals surface area contributed by atoms with E-state index in [4.69, 9.17) is 30.4 Å². The topological polar surface area (TPSA) is 508 Å². The highest BCUT2D eigenvalue weighted by Gasteiger charge is 2.33. The molecule has 0 aromatic carbocycles. The molecule has 34 nitrogen and oxygen atoms in total. The van der Waals surface area contributed by atoms with Gasteiger partial charge in [-0.15, -0.1) is 10.2 Å². The second kappa shape index (κ2) is 53.2. The number of carbonyl (C=O) groups excluding carboxylic acids is 12. The molecule has 93 heavy (non-hydrogen) atoms. The quantitative estimate of drug-likeness (QED) is 0.0278. The lowest BCUT2D eigenvalue weighted by Crippen LogP contribution is -2.61. The summed E-state index contributed by atoms with van der Waals surface area (Å²) >= 11 is 0. The van der Waals surface area contributed by atoms with Gasteiger partial charge in [-0.05, 0) is 59.2 Å². The highest BCUT2D eigenvalue weighted by Crippen LogP contribution is 2.14. The number of amides is 10. The minimum absolute atomic E-state index is 0.0317. The first kappa shape index (κ1) is 83.8. The Balaban J connectivity index is 2.36. The van der Waals surface area contributed by atoms with Crippen LogP contribution < -0.4 is 54.0 Å². The number of carbonyl (C=O) groups is 12. The Labute approximate surface area is 543 Å². The van der Waals surface area contributed by atoms with Crippen molar-refractivity contribution in [3.05, 3.63) is 5.82 Å². The maximum absolute atomic E-state index is 13.7. The molecule has 0 spiro atoms. The summed E-state index contributed by atoms with van der Waals surface area (Å²) in [5.41, 5.74) is 10.6. The van der Waals surface area contributed by atoms with E-state index in [0.29, 0.717) is 25.9 Å². The van der Waals surface area contributed by atoms with Crippen LogP contribution in [0, 0.1) is 0 Å². The first-order valence-corrected chi connectivity index (χ1v) is 32.1. The second-order valence-corrected chi connectivity index (χ2v) is 22.4. The molecule has 0 aliphatic heterocycles. The van der Waals surface area contributed by atoms with Gasteiger partial charge in [-0.1, -0.05) is 82.8 Å². The predicted octanol–water partition coefficient (Wildman–Crippen LogP) is -3.80. The summed E-state index contributed by atoms with van der Waals surface area (Å²) in [6.45, 7) is -1.32. The second-order valence-electron chi connectivity index (χ2n) is 22.4. The van der Waals surface area contributed by atoms with Gasteiger partial charge in [0.1, 0.15) is 55.2 Å². The number of aliphatic hydroxyl groups excluding tert-OH is 3. The Morgan fingerprint density at radius 3 is 1.37 bits per heavy atom. The molecule has 10 amide bonds. The Bertz CT molecular complexity index is 2360. The van der Waals surface area contributed by atoms with Crippen LogP contribution in [0.3, 0.4) is 0 Å². The molecule has 16 N–H and O–H groups in total. The summed E-state index contributed by atoms with van der Waals surface area (Å²) in [7, 11) is 3.30. The van der Waals surface area contributed by atoms with Crippen LogP contribution in [0.5, 0.6) is 0 Å². The number of nitrogens with one attached hydrogen (secondary N) is 9. The largest absolute Gasteiger partial charge is 0.394 e. The molecule has 530 valence electrons. The van der Waals surface area contributed by atoms with Gasteiger partial charge in [0.05, 0.1) is 59.4 Å². The zero-order chi connectivity index (χ0) is 69.0. The van der Waals surface area contributed by atoms with Crippen molar-refractivity contribution < 1.29 is 91.8 Å². The van der Waals surface area contributed by atoms with E-state index >= 15 is 0 Å². The number of aromatic nitrogens is 4. The van der Waals surface area contributed by atoms with Crippen LogP contribution in [-0.4, -0.2) is 254 Å². The van der Waals surface area contributed by atoms with Crippen molar-refractivity contribution in [1.82, 2.24) is 68.1 Å². The lowest BCUT2D eigenvalue weighted by Gasteiger charge is -2.27. The van der Waals surface area contributed by atoms with Crippen molar-refractivity contribution in [3.8, 4) is 0 Å². The molecular formula is C59H105N15O19. The van der Waals surface area contributed by atoms with Gasteiger partial charge in [0.2, 0.25) is 59.1 Å². The number of hydrogen-bond acceptors (Lipinski definition) is 23. The van der Waals surface area contributed by atoms with E-state index in [1.165, 1.54) is 64.7 Å². The SMILES string of the molecule is CCC(=O)[C@H](CO)NC(=O)[C@H](CCC(N)=O)NC(=O)[C@H](CCN(C)C)NC(=O)[C@H](CO)NC(=O)[C@H](CCC(N)=O)NC(=O)[C@@H](CO)NC(=O)CNC(=O)COCCOCCNC(=O)COCCOCCCC(=O)CCCCCCCCCCCCCCCc1nn[nH]n1. The Kier molecular flexibility index (Phi) is 47.9. The Hall–Kier alpha value is -7.21. The number of rotatable bonds is 60. The highest BCUT2D eigenvalue weighted by atomic mass is 16.5. The Morgan fingerprint density at radius 1 is 0.473 bits per heavy atom. The number of nitrogens with zero attached hydrogens (tertiary/aromatic N) is 4. The first-order chi connectivity index (χ1) is 44.6. The smallest absolute Gasteiger partial charge is 0.246 e. The molecule has 1 rings (SSSR count). The summed E-state index contributed by atoms with van der Waals surface area (Å²) in [5.74, 6) is -8.63. The maximum atomic E-state index is 13.7. The maximum Gasteiger partial charge on any atom is 0.246 e. The minimum Gasteiger partial charge on any atom is -0.394 e. The fraction of sp³-hybridized carbons (Fsp3) is 0.780. The molecule has 34 heteroatoms. The van der Waals surface area contributed by atoms with Gasteiger partial charge in [-0.2, -0.15) is 5.21 Å². The van der Waals surface area contributed by atoms with Crippen molar-refractivity contribution in [1.29, 1.82) is 0 Å². The normalized spacial score (nSPS) is 13.1. The zero-order valence-corrected chi connectivity index (χ0v) is 54.4. The van der Waals surface area contributed by atoms with Crippen LogP contribution >= 0.6 is 0 Å². The van der Waals surface area contributed by atoms with E-state index in [1.807, 2.05) is 0 Å². The van der Waals surface area contributed by atoms with Crippen molar-refractivity contribution in [2.75, 3.05) is 106 Å². The third kappa shape index (κ3) is 43.3. The lowest BCUT2D eigenvalue weighted by molar-refractivity contribution is -0.136. The Morgan fingerprint density at radius 2 is 0.892 bits per heavy atom. The summed E-state index contributed by atoms with van der Waals surface area (Å²) in [5, 5.41) is 62.5. The highest BCUT2D eigenvalue weighted by molar-refractivity contribution is 5.98. The van der Waals surface area contributed by atoms with Crippen LogP contribution in [0.15, 0.2) is 0 Å². The number of tetrazole rings is 1. The third-order valence-corrected chi connectivity index (χ3v) is 14.2. The van der Waals surface area contributed by atoms with Crippen molar-refractivity contribution in [3.63, 3.8) is 0 Å². The fourth-order valence-electron chi connectivity index (χ4n) is 8.88. The fourth-order valence-corrected chi connectivity index (χ4v) is 8.88. The molecule has 1 aromatic rings. The number of aliphatic hydroxyl groups is 3. The zero-order valence-electron chi connectivity index (χ0n) is 54.4. The molecule has 0 bridgehead atoms. The van der Waals surface area contributed by atoms with Crippen LogP contribution in [0.2, 0.25) is 0 Å². The number of ether oxygens (including phenoxy) is 4.